The number of benzene rings is 2. The molecule has 0 aliphatic rings. The van der Waals surface area contributed by atoms with Crippen molar-refractivity contribution in [2.45, 2.75) is 12.5 Å². The molecule has 0 aromatic heterocycles. The van der Waals surface area contributed by atoms with Gasteiger partial charge in [-0.1, -0.05) is 35.3 Å². The van der Waals surface area contributed by atoms with Crippen molar-refractivity contribution in [2.75, 3.05) is 0 Å². The minimum atomic E-state index is -1.02. The summed E-state index contributed by atoms with van der Waals surface area (Å²) < 4.78 is 5.47. The Kier molecular flexibility index (Phi) is 4.88. The first-order valence-corrected chi connectivity index (χ1v) is 6.69. The van der Waals surface area contributed by atoms with Gasteiger partial charge >= 0.3 is 5.97 Å². The summed E-state index contributed by atoms with van der Waals surface area (Å²) >= 11 is 11.6. The lowest BCUT2D eigenvalue weighted by atomic mass is 10.1. The van der Waals surface area contributed by atoms with E-state index in [1.54, 1.807) is 48.5 Å². The Morgan fingerprint density at radius 3 is 2.00 bits per heavy atom. The van der Waals surface area contributed by atoms with Crippen molar-refractivity contribution < 1.29 is 14.6 Å². The van der Waals surface area contributed by atoms with Crippen molar-refractivity contribution >= 4 is 29.2 Å². The molecule has 0 spiro atoms. The number of rotatable bonds is 5. The van der Waals surface area contributed by atoms with E-state index in [0.29, 0.717) is 15.8 Å². The van der Waals surface area contributed by atoms with Crippen LogP contribution in [0, 0.1) is 0 Å². The molecule has 1 N–H and O–H groups in total. The van der Waals surface area contributed by atoms with Crippen molar-refractivity contribution in [1.82, 2.24) is 0 Å². The molecule has 3 nitrogen and oxygen atoms in total. The van der Waals surface area contributed by atoms with E-state index in [1.165, 1.54) is 0 Å². The monoisotopic (exact) mass is 310 g/mol. The number of aliphatic carboxylic acids is 1. The highest BCUT2D eigenvalue weighted by Crippen LogP contribution is 2.19. The lowest BCUT2D eigenvalue weighted by Crippen LogP contribution is -2.29. The molecular formula is C15H12Cl2O3. The second-order valence-corrected chi connectivity index (χ2v) is 5.10. The van der Waals surface area contributed by atoms with E-state index in [0.717, 1.165) is 5.56 Å². The van der Waals surface area contributed by atoms with Crippen LogP contribution in [0.5, 0.6) is 5.75 Å². The minimum Gasteiger partial charge on any atom is -0.478 e. The van der Waals surface area contributed by atoms with Crippen LogP contribution in [-0.2, 0) is 11.2 Å². The molecule has 2 aromatic carbocycles. The highest BCUT2D eigenvalue weighted by Gasteiger charge is 2.20. The third-order valence-corrected chi connectivity index (χ3v) is 3.21. The standard InChI is InChI=1S/C15H12Cl2O3/c16-11-3-1-10(2-4-11)9-14(15(18)19)20-13-7-5-12(17)6-8-13/h1-8,14H,9H2,(H,18,19)/t14-/m0/s1. The van der Waals surface area contributed by atoms with E-state index in [4.69, 9.17) is 27.9 Å². The van der Waals surface area contributed by atoms with Crippen LogP contribution >= 0.6 is 23.2 Å². The first-order valence-electron chi connectivity index (χ1n) is 5.94. The molecule has 0 saturated carbocycles. The van der Waals surface area contributed by atoms with E-state index in [9.17, 15) is 9.90 Å². The molecule has 104 valence electrons. The molecule has 0 aliphatic carbocycles. The maximum atomic E-state index is 11.3. The molecule has 0 aliphatic heterocycles. The van der Waals surface area contributed by atoms with Crippen LogP contribution in [0.1, 0.15) is 5.56 Å². The first-order chi connectivity index (χ1) is 9.54. The third-order valence-electron chi connectivity index (χ3n) is 2.70. The number of carbonyl (C=O) groups is 1. The van der Waals surface area contributed by atoms with Gasteiger partial charge in [-0.2, -0.15) is 0 Å². The van der Waals surface area contributed by atoms with Crippen molar-refractivity contribution in [3.05, 3.63) is 64.1 Å². The third kappa shape index (κ3) is 4.15. The van der Waals surface area contributed by atoms with E-state index < -0.39 is 12.1 Å². The van der Waals surface area contributed by atoms with Crippen LogP contribution < -0.4 is 4.74 Å². The topological polar surface area (TPSA) is 46.5 Å². The first kappa shape index (κ1) is 14.7. The van der Waals surface area contributed by atoms with E-state index in [1.807, 2.05) is 0 Å². The SMILES string of the molecule is O=C(O)[C@H](Cc1ccc(Cl)cc1)Oc1ccc(Cl)cc1. The molecule has 0 heterocycles. The van der Waals surface area contributed by atoms with E-state index in [2.05, 4.69) is 0 Å². The van der Waals surface area contributed by atoms with Gasteiger partial charge in [0, 0.05) is 16.5 Å². The fraction of sp³-hybridized carbons (Fsp3) is 0.133. The number of carboxylic acids is 1. The zero-order chi connectivity index (χ0) is 14.5. The van der Waals surface area contributed by atoms with Crippen molar-refractivity contribution in [1.29, 1.82) is 0 Å². The molecule has 20 heavy (non-hydrogen) atoms. The summed E-state index contributed by atoms with van der Waals surface area (Å²) in [6.07, 6.45) is -0.702. The summed E-state index contributed by atoms with van der Waals surface area (Å²) in [5.74, 6) is -0.550. The van der Waals surface area contributed by atoms with Crippen LogP contribution in [0.4, 0.5) is 0 Å². The lowest BCUT2D eigenvalue weighted by Gasteiger charge is -2.15. The van der Waals surface area contributed by atoms with Gasteiger partial charge in [-0.15, -0.1) is 0 Å². The molecule has 2 rings (SSSR count). The maximum absolute atomic E-state index is 11.3. The molecule has 0 bridgehead atoms. The van der Waals surface area contributed by atoms with Gasteiger partial charge in [0.15, 0.2) is 6.10 Å². The Hall–Kier alpha value is -1.71. The van der Waals surface area contributed by atoms with Crippen LogP contribution in [-0.4, -0.2) is 17.2 Å². The number of hydrogen-bond acceptors (Lipinski definition) is 2. The average Bonchev–Trinajstić information content (AvgIpc) is 2.42. The molecule has 0 fully saturated rings. The summed E-state index contributed by atoms with van der Waals surface area (Å²) in [6.45, 7) is 0. The quantitative estimate of drug-likeness (QED) is 0.905. The van der Waals surface area contributed by atoms with Crippen molar-refractivity contribution in [2.24, 2.45) is 0 Å². The number of ether oxygens (including phenoxy) is 1. The highest BCUT2D eigenvalue weighted by atomic mass is 35.5. The van der Waals surface area contributed by atoms with Crippen LogP contribution in [0.3, 0.4) is 0 Å². The smallest absolute Gasteiger partial charge is 0.345 e. The normalized spacial score (nSPS) is 11.9. The molecule has 0 amide bonds. The fourth-order valence-electron chi connectivity index (χ4n) is 1.69. The van der Waals surface area contributed by atoms with Gasteiger partial charge in [0.05, 0.1) is 0 Å². The van der Waals surface area contributed by atoms with Gasteiger partial charge < -0.3 is 9.84 Å². The van der Waals surface area contributed by atoms with Crippen LogP contribution in [0.25, 0.3) is 0 Å². The van der Waals surface area contributed by atoms with Gasteiger partial charge in [0.25, 0.3) is 0 Å². The second-order valence-electron chi connectivity index (χ2n) is 4.23. The molecule has 5 heteroatoms. The fourth-order valence-corrected chi connectivity index (χ4v) is 1.94. The summed E-state index contributed by atoms with van der Waals surface area (Å²) in [5, 5.41) is 10.4. The van der Waals surface area contributed by atoms with Gasteiger partial charge in [0.1, 0.15) is 5.75 Å². The lowest BCUT2D eigenvalue weighted by molar-refractivity contribution is -0.145. The minimum absolute atomic E-state index is 0.259. The predicted molar refractivity (Wildman–Crippen MR) is 78.7 cm³/mol. The van der Waals surface area contributed by atoms with Crippen molar-refractivity contribution in [3.8, 4) is 5.75 Å². The Morgan fingerprint density at radius 1 is 1.00 bits per heavy atom. The molecule has 0 radical (unpaired) electrons. The molecule has 1 atom stereocenters. The van der Waals surface area contributed by atoms with Gasteiger partial charge in [0.2, 0.25) is 0 Å². The zero-order valence-electron chi connectivity index (χ0n) is 10.4. The Morgan fingerprint density at radius 2 is 1.50 bits per heavy atom. The number of hydrogen-bond donors (Lipinski definition) is 1. The second kappa shape index (κ2) is 6.64. The Labute approximate surface area is 126 Å². The van der Waals surface area contributed by atoms with Gasteiger partial charge in [-0.3, -0.25) is 0 Å². The molecule has 0 unspecified atom stereocenters. The molecular weight excluding hydrogens is 299 g/mol. The van der Waals surface area contributed by atoms with Gasteiger partial charge in [-0.25, -0.2) is 4.79 Å². The number of halogens is 2. The van der Waals surface area contributed by atoms with Crippen molar-refractivity contribution in [3.63, 3.8) is 0 Å². The molecule has 2 aromatic rings. The average molecular weight is 311 g/mol. The van der Waals surface area contributed by atoms with Crippen LogP contribution in [0.15, 0.2) is 48.5 Å². The van der Waals surface area contributed by atoms with E-state index >= 15 is 0 Å². The summed E-state index contributed by atoms with van der Waals surface area (Å²) in [5.41, 5.74) is 0.843. The largest absolute Gasteiger partial charge is 0.478 e. The predicted octanol–water partition coefficient (Wildman–Crippen LogP) is 4.07. The summed E-state index contributed by atoms with van der Waals surface area (Å²) in [7, 11) is 0. The molecule has 0 saturated heterocycles. The highest BCUT2D eigenvalue weighted by molar-refractivity contribution is 6.30. The van der Waals surface area contributed by atoms with Crippen LogP contribution in [0.2, 0.25) is 10.0 Å². The maximum Gasteiger partial charge on any atom is 0.345 e. The summed E-state index contributed by atoms with van der Waals surface area (Å²) in [4.78, 5) is 11.3. The Balaban J connectivity index is 2.09. The van der Waals surface area contributed by atoms with E-state index in [-0.39, 0.29) is 6.42 Å². The number of carboxylic acid groups (broad SMARTS) is 1. The zero-order valence-corrected chi connectivity index (χ0v) is 11.9. The Bertz CT molecular complexity index is 532. The van der Waals surface area contributed by atoms with Gasteiger partial charge in [-0.05, 0) is 42.0 Å². The summed E-state index contributed by atoms with van der Waals surface area (Å²) in [6, 6.07) is 13.6.